The molecule has 0 bridgehead atoms. The average Bonchev–Trinajstić information content (AvgIpc) is 3.03. The van der Waals surface area contributed by atoms with Gasteiger partial charge in [0.15, 0.2) is 0 Å². The number of benzene rings is 2. The fraction of sp³-hybridized carbons (Fsp3) is 0.263. The van der Waals surface area contributed by atoms with E-state index in [2.05, 4.69) is 10.6 Å². The van der Waals surface area contributed by atoms with E-state index < -0.39 is 6.04 Å². The molecule has 1 fully saturated rings. The summed E-state index contributed by atoms with van der Waals surface area (Å²) in [7, 11) is 0. The smallest absolute Gasteiger partial charge is 0.243 e. The van der Waals surface area contributed by atoms with Crippen molar-refractivity contribution < 1.29 is 14.3 Å². The van der Waals surface area contributed by atoms with Crippen molar-refractivity contribution in [2.24, 2.45) is 0 Å². The van der Waals surface area contributed by atoms with Crippen LogP contribution in [0.15, 0.2) is 54.6 Å². The summed E-state index contributed by atoms with van der Waals surface area (Å²) in [5, 5.41) is 5.63. The van der Waals surface area contributed by atoms with Gasteiger partial charge in [0, 0.05) is 12.0 Å². The molecule has 0 aliphatic carbocycles. The molecule has 2 aromatic rings. The molecule has 1 saturated heterocycles. The summed E-state index contributed by atoms with van der Waals surface area (Å²) in [6.45, 7) is 1.90. The number of carbonyl (C=O) groups excluding carboxylic acids is 2. The summed E-state index contributed by atoms with van der Waals surface area (Å²) in [4.78, 5) is 23.5. The second-order valence-electron chi connectivity index (χ2n) is 5.84. The lowest BCUT2D eigenvalue weighted by atomic mass is 10.1. The molecule has 2 amide bonds. The maximum atomic E-state index is 12.3. The van der Waals surface area contributed by atoms with Crippen LogP contribution in [-0.4, -0.2) is 17.9 Å². The number of amides is 2. The van der Waals surface area contributed by atoms with Gasteiger partial charge >= 0.3 is 0 Å². The molecule has 2 aromatic carbocycles. The standard InChI is InChI=1S/C19H20N2O3/c1-13(20-19(23)16-11-12-18(22)21-16)15-9-5-6-10-17(15)24-14-7-3-2-4-8-14/h2-10,13,16H,11-12H2,1H3,(H,20,23)(H,21,22). The Kier molecular flexibility index (Phi) is 4.79. The van der Waals surface area contributed by atoms with Gasteiger partial charge in [-0.1, -0.05) is 36.4 Å². The van der Waals surface area contributed by atoms with E-state index in [-0.39, 0.29) is 17.9 Å². The largest absolute Gasteiger partial charge is 0.457 e. The molecule has 5 nitrogen and oxygen atoms in total. The van der Waals surface area contributed by atoms with Crippen molar-refractivity contribution >= 4 is 11.8 Å². The number of para-hydroxylation sites is 2. The molecule has 124 valence electrons. The van der Waals surface area contributed by atoms with Crippen LogP contribution in [0.1, 0.15) is 31.4 Å². The van der Waals surface area contributed by atoms with Gasteiger partial charge in [-0.05, 0) is 31.5 Å². The Morgan fingerprint density at radius 1 is 1.17 bits per heavy atom. The fourth-order valence-corrected chi connectivity index (χ4v) is 2.75. The third-order valence-corrected chi connectivity index (χ3v) is 4.03. The van der Waals surface area contributed by atoms with E-state index >= 15 is 0 Å². The number of hydrogen-bond donors (Lipinski definition) is 2. The van der Waals surface area contributed by atoms with Gasteiger partial charge in [-0.2, -0.15) is 0 Å². The van der Waals surface area contributed by atoms with Gasteiger partial charge in [-0.3, -0.25) is 9.59 Å². The number of nitrogens with one attached hydrogen (secondary N) is 2. The van der Waals surface area contributed by atoms with Crippen LogP contribution in [0, 0.1) is 0 Å². The summed E-state index contributed by atoms with van der Waals surface area (Å²) in [5.41, 5.74) is 0.888. The van der Waals surface area contributed by atoms with Crippen LogP contribution in [0.4, 0.5) is 0 Å². The number of hydrogen-bond acceptors (Lipinski definition) is 3. The highest BCUT2D eigenvalue weighted by molar-refractivity contribution is 5.90. The van der Waals surface area contributed by atoms with Gasteiger partial charge in [-0.15, -0.1) is 0 Å². The van der Waals surface area contributed by atoms with Gasteiger partial charge in [0.05, 0.1) is 6.04 Å². The topological polar surface area (TPSA) is 67.4 Å². The SMILES string of the molecule is CC(NC(=O)C1CCC(=O)N1)c1ccccc1Oc1ccccc1. The van der Waals surface area contributed by atoms with Crippen LogP contribution in [-0.2, 0) is 9.59 Å². The lowest BCUT2D eigenvalue weighted by molar-refractivity contribution is -0.126. The van der Waals surface area contributed by atoms with Crippen LogP contribution >= 0.6 is 0 Å². The quantitative estimate of drug-likeness (QED) is 0.888. The van der Waals surface area contributed by atoms with E-state index in [1.165, 1.54) is 0 Å². The van der Waals surface area contributed by atoms with Crippen LogP contribution in [0.3, 0.4) is 0 Å². The predicted octanol–water partition coefficient (Wildman–Crippen LogP) is 2.93. The van der Waals surface area contributed by atoms with Gasteiger partial charge < -0.3 is 15.4 Å². The lowest BCUT2D eigenvalue weighted by Crippen LogP contribution is -2.42. The Morgan fingerprint density at radius 3 is 2.58 bits per heavy atom. The van der Waals surface area contributed by atoms with E-state index in [4.69, 9.17) is 4.74 Å². The van der Waals surface area contributed by atoms with Crippen LogP contribution < -0.4 is 15.4 Å². The van der Waals surface area contributed by atoms with Crippen molar-refractivity contribution in [2.75, 3.05) is 0 Å². The highest BCUT2D eigenvalue weighted by atomic mass is 16.5. The van der Waals surface area contributed by atoms with Crippen molar-refractivity contribution in [3.8, 4) is 11.5 Å². The molecule has 24 heavy (non-hydrogen) atoms. The minimum absolute atomic E-state index is 0.0735. The van der Waals surface area contributed by atoms with E-state index in [0.717, 1.165) is 11.3 Å². The molecule has 2 unspecified atom stereocenters. The van der Waals surface area contributed by atoms with Crippen LogP contribution in [0.25, 0.3) is 0 Å². The molecule has 0 aromatic heterocycles. The Labute approximate surface area is 141 Å². The molecule has 1 aliphatic rings. The van der Waals surface area contributed by atoms with Crippen molar-refractivity contribution in [3.05, 3.63) is 60.2 Å². The lowest BCUT2D eigenvalue weighted by Gasteiger charge is -2.20. The number of rotatable bonds is 5. The first-order valence-electron chi connectivity index (χ1n) is 8.05. The zero-order valence-corrected chi connectivity index (χ0v) is 13.5. The Hall–Kier alpha value is -2.82. The van der Waals surface area contributed by atoms with Crippen molar-refractivity contribution in [2.45, 2.75) is 31.8 Å². The van der Waals surface area contributed by atoms with Gasteiger partial charge in [0.2, 0.25) is 11.8 Å². The maximum absolute atomic E-state index is 12.3. The van der Waals surface area contributed by atoms with E-state index in [1.54, 1.807) is 0 Å². The highest BCUT2D eigenvalue weighted by Gasteiger charge is 2.28. The Balaban J connectivity index is 1.71. The number of ether oxygens (including phenoxy) is 1. The maximum Gasteiger partial charge on any atom is 0.243 e. The summed E-state index contributed by atoms with van der Waals surface area (Å²) < 4.78 is 5.93. The first-order chi connectivity index (χ1) is 11.6. The normalized spacial score (nSPS) is 17.9. The van der Waals surface area contributed by atoms with Gasteiger partial charge in [-0.25, -0.2) is 0 Å². The minimum atomic E-state index is -0.442. The zero-order valence-electron chi connectivity index (χ0n) is 13.5. The molecule has 0 saturated carbocycles. The molecule has 2 atom stereocenters. The van der Waals surface area contributed by atoms with Crippen molar-refractivity contribution in [1.82, 2.24) is 10.6 Å². The van der Waals surface area contributed by atoms with E-state index in [9.17, 15) is 9.59 Å². The summed E-state index contributed by atoms with van der Waals surface area (Å²) in [6.07, 6.45) is 0.944. The van der Waals surface area contributed by atoms with Gasteiger partial charge in [0.1, 0.15) is 17.5 Å². The zero-order chi connectivity index (χ0) is 16.9. The summed E-state index contributed by atoms with van der Waals surface area (Å²) in [6, 6.07) is 16.5. The first kappa shape index (κ1) is 16.1. The molecule has 3 rings (SSSR count). The van der Waals surface area contributed by atoms with E-state index in [0.29, 0.717) is 18.6 Å². The fourth-order valence-electron chi connectivity index (χ4n) is 2.75. The highest BCUT2D eigenvalue weighted by Crippen LogP contribution is 2.29. The molecule has 2 N–H and O–H groups in total. The second kappa shape index (κ2) is 7.17. The van der Waals surface area contributed by atoms with Crippen molar-refractivity contribution in [1.29, 1.82) is 0 Å². The molecule has 1 heterocycles. The third-order valence-electron chi connectivity index (χ3n) is 4.03. The average molecular weight is 324 g/mol. The van der Waals surface area contributed by atoms with Crippen LogP contribution in [0.5, 0.6) is 11.5 Å². The molecule has 0 radical (unpaired) electrons. The van der Waals surface area contributed by atoms with E-state index in [1.807, 2.05) is 61.5 Å². The summed E-state index contributed by atoms with van der Waals surface area (Å²) >= 11 is 0. The minimum Gasteiger partial charge on any atom is -0.457 e. The molecule has 5 heteroatoms. The summed E-state index contributed by atoms with van der Waals surface area (Å²) in [5.74, 6) is 1.21. The number of carbonyl (C=O) groups is 2. The third kappa shape index (κ3) is 3.74. The van der Waals surface area contributed by atoms with Gasteiger partial charge in [0.25, 0.3) is 0 Å². The van der Waals surface area contributed by atoms with Crippen LogP contribution in [0.2, 0.25) is 0 Å². The van der Waals surface area contributed by atoms with Crippen molar-refractivity contribution in [3.63, 3.8) is 0 Å². The Bertz CT molecular complexity index is 730. The molecule has 1 aliphatic heterocycles. The first-order valence-corrected chi connectivity index (χ1v) is 8.05. The molecular formula is C19H20N2O3. The predicted molar refractivity (Wildman–Crippen MR) is 90.7 cm³/mol. The monoisotopic (exact) mass is 324 g/mol. The molecule has 0 spiro atoms. The Morgan fingerprint density at radius 2 is 1.88 bits per heavy atom. The molecular weight excluding hydrogens is 304 g/mol. The second-order valence-corrected chi connectivity index (χ2v) is 5.84.